The molecule has 0 radical (unpaired) electrons. The van der Waals surface area contributed by atoms with Crippen LogP contribution in [0.15, 0.2) is 78.9 Å². The quantitative estimate of drug-likeness (QED) is 0.322. The summed E-state index contributed by atoms with van der Waals surface area (Å²) in [6.45, 7) is 3.47. The number of amides is 1. The minimum Gasteiger partial charge on any atom is -0.457 e. The summed E-state index contributed by atoms with van der Waals surface area (Å²) in [5.74, 6) is 1.22. The normalized spacial score (nSPS) is 11.0. The standard InChI is InChI=1S/C27H21N3O2S/c1-18-11-13-21(14-12-18)25-27(29-19(2)31)33-26(30-25)22(17-28)15-20-7-6-10-24(16-20)32-23-8-4-3-5-9-23/h3-16H,1-2H3,(H,29,31)/b22-15+. The van der Waals surface area contributed by atoms with Crippen LogP contribution in [-0.2, 0) is 4.79 Å². The van der Waals surface area contributed by atoms with Crippen molar-refractivity contribution in [3.63, 3.8) is 0 Å². The third kappa shape index (κ3) is 5.53. The molecule has 5 nitrogen and oxygen atoms in total. The summed E-state index contributed by atoms with van der Waals surface area (Å²) in [5.41, 5.74) is 3.87. The van der Waals surface area contributed by atoms with Gasteiger partial charge in [0.25, 0.3) is 0 Å². The minimum atomic E-state index is -0.188. The summed E-state index contributed by atoms with van der Waals surface area (Å²) in [6, 6.07) is 27.2. The van der Waals surface area contributed by atoms with Crippen LogP contribution < -0.4 is 10.1 Å². The molecule has 0 unspecified atom stereocenters. The molecule has 0 fully saturated rings. The predicted molar refractivity (Wildman–Crippen MR) is 133 cm³/mol. The number of nitrogens with zero attached hydrogens (tertiary/aromatic N) is 2. The second-order valence-electron chi connectivity index (χ2n) is 7.40. The van der Waals surface area contributed by atoms with Crippen molar-refractivity contribution in [1.82, 2.24) is 4.98 Å². The van der Waals surface area contributed by atoms with Gasteiger partial charge in [-0.2, -0.15) is 5.26 Å². The maximum atomic E-state index is 11.8. The molecular formula is C27H21N3O2S. The Morgan fingerprint density at radius 3 is 2.45 bits per heavy atom. The van der Waals surface area contributed by atoms with E-state index in [0.717, 1.165) is 22.4 Å². The number of aromatic nitrogens is 1. The Morgan fingerprint density at radius 2 is 1.76 bits per heavy atom. The Kier molecular flexibility index (Phi) is 6.63. The number of para-hydroxylation sites is 1. The number of thiazole rings is 1. The zero-order valence-electron chi connectivity index (χ0n) is 18.2. The fourth-order valence-electron chi connectivity index (χ4n) is 3.19. The summed E-state index contributed by atoms with van der Waals surface area (Å²) >= 11 is 1.28. The molecule has 4 rings (SSSR count). The first-order valence-electron chi connectivity index (χ1n) is 10.3. The summed E-state index contributed by atoms with van der Waals surface area (Å²) < 4.78 is 5.90. The van der Waals surface area contributed by atoms with Gasteiger partial charge in [0.15, 0.2) is 0 Å². The van der Waals surface area contributed by atoms with Crippen LogP contribution in [0.4, 0.5) is 5.00 Å². The SMILES string of the molecule is CC(=O)Nc1sc(/C(C#N)=C/c2cccc(Oc3ccccc3)c2)nc1-c1ccc(C)cc1. The van der Waals surface area contributed by atoms with Gasteiger partial charge in [-0.15, -0.1) is 0 Å². The van der Waals surface area contributed by atoms with E-state index in [-0.39, 0.29) is 5.91 Å². The van der Waals surface area contributed by atoms with Gasteiger partial charge in [0.05, 0.1) is 5.57 Å². The van der Waals surface area contributed by atoms with Crippen molar-refractivity contribution in [2.75, 3.05) is 5.32 Å². The smallest absolute Gasteiger partial charge is 0.221 e. The number of benzene rings is 3. The number of nitriles is 1. The lowest BCUT2D eigenvalue weighted by Crippen LogP contribution is -2.05. The molecule has 0 aliphatic carbocycles. The molecule has 1 heterocycles. The van der Waals surface area contributed by atoms with Gasteiger partial charge < -0.3 is 10.1 Å². The lowest BCUT2D eigenvalue weighted by molar-refractivity contribution is -0.114. The molecule has 3 aromatic carbocycles. The van der Waals surface area contributed by atoms with Crippen molar-refractivity contribution in [2.24, 2.45) is 0 Å². The lowest BCUT2D eigenvalue weighted by Gasteiger charge is -2.06. The van der Waals surface area contributed by atoms with Crippen molar-refractivity contribution in [3.8, 4) is 28.8 Å². The number of carbonyl (C=O) groups excluding carboxylic acids is 1. The third-order valence-electron chi connectivity index (χ3n) is 4.74. The van der Waals surface area contributed by atoms with E-state index in [0.29, 0.717) is 27.0 Å². The fourth-order valence-corrected chi connectivity index (χ4v) is 4.19. The zero-order valence-corrected chi connectivity index (χ0v) is 19.0. The molecular weight excluding hydrogens is 430 g/mol. The Morgan fingerprint density at radius 1 is 1.03 bits per heavy atom. The number of aryl methyl sites for hydroxylation is 1. The molecule has 0 aliphatic rings. The van der Waals surface area contributed by atoms with E-state index < -0.39 is 0 Å². The molecule has 0 aliphatic heterocycles. The van der Waals surface area contributed by atoms with Crippen LogP contribution in [0, 0.1) is 18.3 Å². The largest absolute Gasteiger partial charge is 0.457 e. The second-order valence-corrected chi connectivity index (χ2v) is 8.40. The molecule has 4 aromatic rings. The third-order valence-corrected chi connectivity index (χ3v) is 5.74. The Hall–Kier alpha value is -4.21. The lowest BCUT2D eigenvalue weighted by atomic mass is 10.1. The number of rotatable bonds is 6. The molecule has 0 spiro atoms. The number of carbonyl (C=O) groups is 1. The van der Waals surface area contributed by atoms with Gasteiger partial charge in [0.1, 0.15) is 33.3 Å². The molecule has 1 amide bonds. The Labute approximate surface area is 196 Å². The number of anilines is 1. The van der Waals surface area contributed by atoms with Crippen LogP contribution in [-0.4, -0.2) is 10.9 Å². The van der Waals surface area contributed by atoms with Gasteiger partial charge in [-0.25, -0.2) is 4.98 Å². The molecule has 0 bridgehead atoms. The van der Waals surface area contributed by atoms with Crippen LogP contribution in [0.3, 0.4) is 0 Å². The molecule has 6 heteroatoms. The monoisotopic (exact) mass is 451 g/mol. The fraction of sp³-hybridized carbons (Fsp3) is 0.0741. The average molecular weight is 452 g/mol. The van der Waals surface area contributed by atoms with Gasteiger partial charge in [0.2, 0.25) is 5.91 Å². The van der Waals surface area contributed by atoms with Gasteiger partial charge in [-0.3, -0.25) is 4.79 Å². The molecule has 162 valence electrons. The van der Waals surface area contributed by atoms with Crippen molar-refractivity contribution >= 4 is 33.9 Å². The molecule has 0 atom stereocenters. The van der Waals surface area contributed by atoms with Crippen molar-refractivity contribution in [3.05, 3.63) is 95.0 Å². The zero-order chi connectivity index (χ0) is 23.2. The summed E-state index contributed by atoms with van der Waals surface area (Å²) in [6.07, 6.45) is 1.77. The van der Waals surface area contributed by atoms with Crippen molar-refractivity contribution < 1.29 is 9.53 Å². The van der Waals surface area contributed by atoms with Crippen LogP contribution in [0.1, 0.15) is 23.1 Å². The second kappa shape index (κ2) is 9.94. The summed E-state index contributed by atoms with van der Waals surface area (Å²) in [4.78, 5) is 16.5. The topological polar surface area (TPSA) is 75.0 Å². The highest BCUT2D eigenvalue weighted by Gasteiger charge is 2.17. The van der Waals surface area contributed by atoms with Crippen LogP contribution in [0.2, 0.25) is 0 Å². The van der Waals surface area contributed by atoms with E-state index in [1.165, 1.54) is 18.3 Å². The predicted octanol–water partition coefficient (Wildman–Crippen LogP) is 6.93. The van der Waals surface area contributed by atoms with Crippen LogP contribution in [0.25, 0.3) is 22.9 Å². The maximum absolute atomic E-state index is 11.8. The molecule has 0 saturated carbocycles. The summed E-state index contributed by atoms with van der Waals surface area (Å²) in [5, 5.41) is 13.9. The molecule has 0 saturated heterocycles. The highest BCUT2D eigenvalue weighted by Crippen LogP contribution is 2.37. The van der Waals surface area contributed by atoms with Crippen molar-refractivity contribution in [2.45, 2.75) is 13.8 Å². The van der Waals surface area contributed by atoms with Crippen LogP contribution >= 0.6 is 11.3 Å². The van der Waals surface area contributed by atoms with Gasteiger partial charge in [0, 0.05) is 12.5 Å². The first kappa shape index (κ1) is 22.0. The van der Waals surface area contributed by atoms with E-state index in [1.807, 2.05) is 85.8 Å². The number of allylic oxidation sites excluding steroid dienone is 1. The van der Waals surface area contributed by atoms with Crippen molar-refractivity contribution in [1.29, 1.82) is 5.26 Å². The first-order valence-corrected chi connectivity index (χ1v) is 11.1. The van der Waals surface area contributed by atoms with Gasteiger partial charge in [-0.1, -0.05) is 71.5 Å². The van der Waals surface area contributed by atoms with E-state index in [4.69, 9.17) is 9.72 Å². The van der Waals surface area contributed by atoms with E-state index in [9.17, 15) is 10.1 Å². The number of ether oxygens (including phenoxy) is 1. The maximum Gasteiger partial charge on any atom is 0.221 e. The highest BCUT2D eigenvalue weighted by atomic mass is 32.1. The van der Waals surface area contributed by atoms with E-state index >= 15 is 0 Å². The Bertz CT molecular complexity index is 1350. The first-order chi connectivity index (χ1) is 16.0. The minimum absolute atomic E-state index is 0.188. The van der Waals surface area contributed by atoms with Gasteiger partial charge >= 0.3 is 0 Å². The highest BCUT2D eigenvalue weighted by molar-refractivity contribution is 7.17. The van der Waals surface area contributed by atoms with Crippen LogP contribution in [0.5, 0.6) is 11.5 Å². The molecule has 1 aromatic heterocycles. The Balaban J connectivity index is 1.68. The average Bonchev–Trinajstić information content (AvgIpc) is 3.21. The molecule has 33 heavy (non-hydrogen) atoms. The van der Waals surface area contributed by atoms with Gasteiger partial charge in [-0.05, 0) is 42.8 Å². The summed E-state index contributed by atoms with van der Waals surface area (Å²) in [7, 11) is 0. The number of hydrogen-bond acceptors (Lipinski definition) is 5. The van der Waals surface area contributed by atoms with E-state index in [2.05, 4.69) is 11.4 Å². The van der Waals surface area contributed by atoms with E-state index in [1.54, 1.807) is 6.08 Å². The number of nitrogens with one attached hydrogen (secondary N) is 1. The number of hydrogen-bond donors (Lipinski definition) is 1. The molecule has 1 N–H and O–H groups in total.